The van der Waals surface area contributed by atoms with E-state index in [1.807, 2.05) is 0 Å². The number of carbonyl (C=O) groups is 1. The summed E-state index contributed by atoms with van der Waals surface area (Å²) in [6.45, 7) is 0. The van der Waals surface area contributed by atoms with E-state index in [1.54, 1.807) is 44.7 Å². The highest BCUT2D eigenvalue weighted by Gasteiger charge is 2.18. The lowest BCUT2D eigenvalue weighted by Gasteiger charge is -2.13. The van der Waals surface area contributed by atoms with Crippen LogP contribution in [-0.4, -0.2) is 39.3 Å². The van der Waals surface area contributed by atoms with Crippen molar-refractivity contribution in [2.45, 2.75) is 0 Å². The quantitative estimate of drug-likeness (QED) is 0.662. The number of nitrogens with one attached hydrogen (secondary N) is 2. The van der Waals surface area contributed by atoms with Gasteiger partial charge in [0, 0.05) is 29.8 Å². The number of carbonyl (C=O) groups excluding carboxylic acids is 1. The van der Waals surface area contributed by atoms with E-state index in [-0.39, 0.29) is 5.91 Å². The lowest BCUT2D eigenvalue weighted by molar-refractivity contribution is 0.102. The molecule has 0 unspecified atom stereocenters. The number of aromatic amines is 1. The second-order valence-electron chi connectivity index (χ2n) is 5.60. The molecule has 0 aliphatic rings. The zero-order chi connectivity index (χ0) is 19.6. The minimum Gasteiger partial charge on any atom is -0.495 e. The van der Waals surface area contributed by atoms with Crippen molar-refractivity contribution in [3.63, 3.8) is 0 Å². The van der Waals surface area contributed by atoms with Gasteiger partial charge in [0.2, 0.25) is 0 Å². The molecule has 0 fully saturated rings. The Morgan fingerprint density at radius 3 is 2.15 bits per heavy atom. The maximum Gasteiger partial charge on any atom is 0.257 e. The van der Waals surface area contributed by atoms with Gasteiger partial charge in [-0.15, -0.1) is 0 Å². The summed E-state index contributed by atoms with van der Waals surface area (Å²) in [6.07, 6.45) is 1.62. The summed E-state index contributed by atoms with van der Waals surface area (Å²) in [5, 5.41) is 3.91. The number of aromatic nitrogens is 1. The minimum atomic E-state index is -0.323. The van der Waals surface area contributed by atoms with Crippen LogP contribution in [0.2, 0.25) is 5.02 Å². The molecule has 3 aromatic rings. The maximum atomic E-state index is 12.9. The predicted molar refractivity (Wildman–Crippen MR) is 104 cm³/mol. The average molecular weight is 391 g/mol. The van der Waals surface area contributed by atoms with Gasteiger partial charge in [-0.2, -0.15) is 0 Å². The van der Waals surface area contributed by atoms with Gasteiger partial charge < -0.3 is 29.2 Å². The second kappa shape index (κ2) is 7.67. The number of methoxy groups -OCH3 is 4. The van der Waals surface area contributed by atoms with Crippen LogP contribution in [0.3, 0.4) is 0 Å². The number of ether oxygens (including phenoxy) is 4. The standard InChI is InChI=1S/C19H19ClN2O5/c1-24-15-8-14(16(25-2)6-12(15)20)22-19(23)11-9-21-13-7-18(27-4)17(26-3)5-10(11)13/h5-9,21H,1-4H3,(H,22,23). The second-order valence-corrected chi connectivity index (χ2v) is 6.00. The van der Waals surface area contributed by atoms with Crippen molar-refractivity contribution in [3.8, 4) is 23.0 Å². The van der Waals surface area contributed by atoms with Gasteiger partial charge in [0.05, 0.1) is 50.2 Å². The van der Waals surface area contributed by atoms with Crippen LogP contribution in [0.25, 0.3) is 10.9 Å². The summed E-state index contributed by atoms with van der Waals surface area (Å²) in [5.74, 6) is 1.63. The number of amides is 1. The molecule has 1 aromatic heterocycles. The van der Waals surface area contributed by atoms with Crippen molar-refractivity contribution in [1.82, 2.24) is 4.98 Å². The third-order valence-electron chi connectivity index (χ3n) is 4.15. The van der Waals surface area contributed by atoms with Gasteiger partial charge in [-0.1, -0.05) is 11.6 Å². The van der Waals surface area contributed by atoms with Crippen LogP contribution >= 0.6 is 11.6 Å². The average Bonchev–Trinajstić information content (AvgIpc) is 3.10. The van der Waals surface area contributed by atoms with Crippen molar-refractivity contribution in [1.29, 1.82) is 0 Å². The normalized spacial score (nSPS) is 10.6. The first-order chi connectivity index (χ1) is 13.0. The van der Waals surface area contributed by atoms with E-state index in [2.05, 4.69) is 10.3 Å². The van der Waals surface area contributed by atoms with E-state index >= 15 is 0 Å². The Labute approximate surface area is 161 Å². The van der Waals surface area contributed by atoms with Crippen LogP contribution in [-0.2, 0) is 0 Å². The number of hydrogen-bond acceptors (Lipinski definition) is 5. The van der Waals surface area contributed by atoms with Gasteiger partial charge in [0.25, 0.3) is 5.91 Å². The summed E-state index contributed by atoms with van der Waals surface area (Å²) in [7, 11) is 6.09. The molecule has 0 spiro atoms. The van der Waals surface area contributed by atoms with Crippen LogP contribution in [0.15, 0.2) is 30.5 Å². The Hall–Kier alpha value is -3.06. The van der Waals surface area contributed by atoms with Crippen LogP contribution in [0.1, 0.15) is 10.4 Å². The SMILES string of the molecule is COc1cc(NC(=O)c2c[nH]c3cc(OC)c(OC)cc23)c(OC)cc1Cl. The van der Waals surface area contributed by atoms with E-state index in [1.165, 1.54) is 14.2 Å². The molecule has 0 aliphatic heterocycles. The number of benzene rings is 2. The summed E-state index contributed by atoms with van der Waals surface area (Å²) in [6, 6.07) is 6.72. The van der Waals surface area contributed by atoms with E-state index in [0.717, 1.165) is 5.52 Å². The molecule has 8 heteroatoms. The van der Waals surface area contributed by atoms with Crippen LogP contribution in [0.5, 0.6) is 23.0 Å². The molecule has 1 heterocycles. The monoisotopic (exact) mass is 390 g/mol. The third kappa shape index (κ3) is 3.46. The molecule has 0 radical (unpaired) electrons. The smallest absolute Gasteiger partial charge is 0.257 e. The molecule has 2 aromatic carbocycles. The molecule has 0 aliphatic carbocycles. The fraction of sp³-hybridized carbons (Fsp3) is 0.211. The fourth-order valence-electron chi connectivity index (χ4n) is 2.78. The largest absolute Gasteiger partial charge is 0.495 e. The summed E-state index contributed by atoms with van der Waals surface area (Å²) >= 11 is 6.11. The van der Waals surface area contributed by atoms with Gasteiger partial charge in [0.15, 0.2) is 11.5 Å². The van der Waals surface area contributed by atoms with Crippen molar-refractivity contribution in [2.24, 2.45) is 0 Å². The Kier molecular flexibility index (Phi) is 5.32. The van der Waals surface area contributed by atoms with Gasteiger partial charge >= 0.3 is 0 Å². The first kappa shape index (κ1) is 18.7. The summed E-state index contributed by atoms with van der Waals surface area (Å²) in [4.78, 5) is 15.9. The van der Waals surface area contributed by atoms with Crippen molar-refractivity contribution < 1.29 is 23.7 Å². The number of rotatable bonds is 6. The van der Waals surface area contributed by atoms with Crippen molar-refractivity contribution in [2.75, 3.05) is 33.8 Å². The highest BCUT2D eigenvalue weighted by atomic mass is 35.5. The van der Waals surface area contributed by atoms with Gasteiger partial charge in [0.1, 0.15) is 11.5 Å². The van der Waals surface area contributed by atoms with Crippen LogP contribution in [0.4, 0.5) is 5.69 Å². The Morgan fingerprint density at radius 1 is 0.889 bits per heavy atom. The lowest BCUT2D eigenvalue weighted by atomic mass is 10.1. The molecule has 1 amide bonds. The zero-order valence-electron chi connectivity index (χ0n) is 15.3. The highest BCUT2D eigenvalue weighted by Crippen LogP contribution is 2.37. The molecular formula is C19H19ClN2O5. The van der Waals surface area contributed by atoms with E-state index in [9.17, 15) is 4.79 Å². The molecule has 7 nitrogen and oxygen atoms in total. The molecule has 0 saturated heterocycles. The Bertz CT molecular complexity index is 999. The first-order valence-corrected chi connectivity index (χ1v) is 8.36. The zero-order valence-corrected chi connectivity index (χ0v) is 16.1. The van der Waals surface area contributed by atoms with E-state index in [4.69, 9.17) is 30.5 Å². The minimum absolute atomic E-state index is 0.323. The number of fused-ring (bicyclic) bond motifs is 1. The van der Waals surface area contributed by atoms with E-state index in [0.29, 0.717) is 44.7 Å². The fourth-order valence-corrected chi connectivity index (χ4v) is 3.02. The molecule has 0 atom stereocenters. The van der Waals surface area contributed by atoms with Crippen molar-refractivity contribution in [3.05, 3.63) is 41.0 Å². The third-order valence-corrected chi connectivity index (χ3v) is 4.45. The lowest BCUT2D eigenvalue weighted by Crippen LogP contribution is -2.12. The molecule has 142 valence electrons. The molecular weight excluding hydrogens is 372 g/mol. The van der Waals surface area contributed by atoms with Crippen molar-refractivity contribution >= 4 is 34.1 Å². The predicted octanol–water partition coefficient (Wildman–Crippen LogP) is 4.11. The molecule has 27 heavy (non-hydrogen) atoms. The molecule has 2 N–H and O–H groups in total. The summed E-state index contributed by atoms with van der Waals surface area (Å²) in [5.41, 5.74) is 1.64. The van der Waals surface area contributed by atoms with Gasteiger partial charge in [-0.3, -0.25) is 4.79 Å². The van der Waals surface area contributed by atoms with Gasteiger partial charge in [-0.25, -0.2) is 0 Å². The molecule has 0 saturated carbocycles. The Morgan fingerprint density at radius 2 is 1.52 bits per heavy atom. The number of H-pyrrole nitrogens is 1. The topological polar surface area (TPSA) is 81.8 Å². The molecule has 3 rings (SSSR count). The number of anilines is 1. The molecule has 0 bridgehead atoms. The number of halogens is 1. The van der Waals surface area contributed by atoms with E-state index < -0.39 is 0 Å². The Balaban J connectivity index is 2.00. The van der Waals surface area contributed by atoms with Crippen LogP contribution < -0.4 is 24.3 Å². The maximum absolute atomic E-state index is 12.9. The first-order valence-electron chi connectivity index (χ1n) is 7.98. The van der Waals surface area contributed by atoms with Crippen LogP contribution in [0, 0.1) is 0 Å². The highest BCUT2D eigenvalue weighted by molar-refractivity contribution is 6.32. The number of hydrogen-bond donors (Lipinski definition) is 2. The summed E-state index contributed by atoms with van der Waals surface area (Å²) < 4.78 is 21.1. The van der Waals surface area contributed by atoms with Gasteiger partial charge in [-0.05, 0) is 6.07 Å².